The first-order valence-electron chi connectivity index (χ1n) is 1.50. The monoisotopic (exact) mass is 269 g/mol. The third-order valence-corrected chi connectivity index (χ3v) is 1.92. The molecule has 0 aliphatic carbocycles. The number of hydrogen-bond donors (Lipinski definition) is 2. The molecule has 0 saturated carbocycles. The summed E-state index contributed by atoms with van der Waals surface area (Å²) < 4.78 is 4.81. The van der Waals surface area contributed by atoms with Gasteiger partial charge in [-0.2, -0.15) is 0 Å². The molecule has 0 fully saturated rings. The Morgan fingerprint density at radius 3 is 1.86 bits per heavy atom. The van der Waals surface area contributed by atoms with E-state index in [1.54, 1.807) is 0 Å². The van der Waals surface area contributed by atoms with Crippen LogP contribution < -0.4 is 7.44 Å². The van der Waals surface area contributed by atoms with Crippen LogP contribution in [0.1, 0.15) is 0 Å². The van der Waals surface area contributed by atoms with Crippen LogP contribution in [0.5, 0.6) is 0 Å². The molecule has 0 spiro atoms. The molecule has 4 nitrogen and oxygen atoms in total. The predicted octanol–water partition coefficient (Wildman–Crippen LogP) is -1.61. The Morgan fingerprint density at radius 1 is 1.14 bits per heavy atom. The van der Waals surface area contributed by atoms with Crippen LogP contribution in [-0.2, 0) is 29.9 Å². The molecular formula is C2H4N2O2Ta. The molecule has 0 saturated heterocycles. The molecule has 0 unspecified atom stereocenters. The molecule has 39 valence electrons. The van der Waals surface area contributed by atoms with Crippen LogP contribution in [0, 0.1) is 0 Å². The van der Waals surface area contributed by atoms with Gasteiger partial charge in [0.2, 0.25) is 0 Å². The van der Waals surface area contributed by atoms with Crippen molar-refractivity contribution in [2.75, 3.05) is 0 Å². The summed E-state index contributed by atoms with van der Waals surface area (Å²) in [4.78, 5) is 18.9. The van der Waals surface area contributed by atoms with Gasteiger partial charge in [-0.1, -0.05) is 0 Å². The Labute approximate surface area is 50.6 Å². The molecule has 0 aromatic rings. The van der Waals surface area contributed by atoms with E-state index in [9.17, 15) is 9.59 Å². The molecule has 0 aliphatic rings. The van der Waals surface area contributed by atoms with E-state index in [1.807, 2.05) is 0 Å². The zero-order valence-corrected chi connectivity index (χ0v) is 6.63. The SMILES string of the molecule is O=C[NH][Ta][NH]C=O. The van der Waals surface area contributed by atoms with E-state index < -0.39 is 20.3 Å². The molecule has 2 N–H and O–H groups in total. The third-order valence-electron chi connectivity index (χ3n) is 0.235. The molecule has 0 heterocycles. The van der Waals surface area contributed by atoms with E-state index in [2.05, 4.69) is 7.44 Å². The van der Waals surface area contributed by atoms with Crippen molar-refractivity contribution in [3.8, 4) is 0 Å². The van der Waals surface area contributed by atoms with Crippen molar-refractivity contribution in [2.45, 2.75) is 0 Å². The average molecular weight is 269 g/mol. The van der Waals surface area contributed by atoms with Crippen molar-refractivity contribution in [2.24, 2.45) is 0 Å². The summed E-state index contributed by atoms with van der Waals surface area (Å²) in [6, 6.07) is 0. The van der Waals surface area contributed by atoms with Crippen LogP contribution in [0.2, 0.25) is 0 Å². The van der Waals surface area contributed by atoms with Crippen LogP contribution in [0.25, 0.3) is 0 Å². The molecule has 0 atom stereocenters. The zero-order chi connectivity index (χ0) is 5.54. The van der Waals surface area contributed by atoms with Gasteiger partial charge >= 0.3 is 50.1 Å². The Kier molecular flexibility index (Phi) is 5.42. The third kappa shape index (κ3) is 5.68. The topological polar surface area (TPSA) is 58.2 Å². The predicted molar refractivity (Wildman–Crippen MR) is 18.4 cm³/mol. The summed E-state index contributed by atoms with van der Waals surface area (Å²) >= 11 is -1.13. The summed E-state index contributed by atoms with van der Waals surface area (Å²) in [5, 5.41) is 0. The van der Waals surface area contributed by atoms with Gasteiger partial charge in [0.1, 0.15) is 0 Å². The fourth-order valence-corrected chi connectivity index (χ4v) is 0.736. The van der Waals surface area contributed by atoms with E-state index in [0.717, 1.165) is 0 Å². The fourth-order valence-electron chi connectivity index (χ4n) is 0.0900. The Balaban J connectivity index is 2.68. The molecule has 0 radical (unpaired) electrons. The first-order chi connectivity index (χ1) is 3.41. The second kappa shape index (κ2) is 5.68. The maximum atomic E-state index is 9.46. The molecule has 5 heteroatoms. The minimum atomic E-state index is -1.13. The van der Waals surface area contributed by atoms with E-state index in [-0.39, 0.29) is 0 Å². The first-order valence-corrected chi connectivity index (χ1v) is 4.71. The van der Waals surface area contributed by atoms with Crippen LogP contribution >= 0.6 is 0 Å². The maximum absolute atomic E-state index is 9.46. The summed E-state index contributed by atoms with van der Waals surface area (Å²) in [5.41, 5.74) is 0. The van der Waals surface area contributed by atoms with Crippen LogP contribution in [0.4, 0.5) is 0 Å². The molecular weight excluding hydrogens is 265 g/mol. The average Bonchev–Trinajstić information content (AvgIpc) is 1.69. The molecule has 0 aliphatic heterocycles. The quantitative estimate of drug-likeness (QED) is 0.476. The van der Waals surface area contributed by atoms with Crippen molar-refractivity contribution in [1.82, 2.24) is 7.44 Å². The van der Waals surface area contributed by atoms with Gasteiger partial charge in [0.15, 0.2) is 0 Å². The van der Waals surface area contributed by atoms with E-state index in [0.29, 0.717) is 12.8 Å². The number of carbonyl (C=O) groups is 2. The number of carbonyl (C=O) groups excluding carboxylic acids is 2. The van der Waals surface area contributed by atoms with Crippen LogP contribution in [-0.4, -0.2) is 12.8 Å². The number of amides is 2. The molecule has 0 rings (SSSR count). The summed E-state index contributed by atoms with van der Waals surface area (Å²) in [6.45, 7) is 0. The first kappa shape index (κ1) is 6.68. The summed E-state index contributed by atoms with van der Waals surface area (Å²) in [6.07, 6.45) is 1.18. The minimum absolute atomic E-state index is 0.591. The Morgan fingerprint density at radius 2 is 1.57 bits per heavy atom. The van der Waals surface area contributed by atoms with Crippen LogP contribution in [0.15, 0.2) is 0 Å². The van der Waals surface area contributed by atoms with Gasteiger partial charge in [-0.15, -0.1) is 0 Å². The van der Waals surface area contributed by atoms with Crippen molar-refractivity contribution in [1.29, 1.82) is 0 Å². The molecule has 0 bridgehead atoms. The molecule has 2 amide bonds. The Bertz CT molecular complexity index is 58.7. The van der Waals surface area contributed by atoms with Gasteiger partial charge in [0.05, 0.1) is 0 Å². The summed E-state index contributed by atoms with van der Waals surface area (Å²) in [7, 11) is 0. The zero-order valence-electron chi connectivity index (χ0n) is 3.42. The van der Waals surface area contributed by atoms with E-state index in [4.69, 9.17) is 0 Å². The van der Waals surface area contributed by atoms with Crippen LogP contribution in [0.3, 0.4) is 0 Å². The van der Waals surface area contributed by atoms with E-state index >= 15 is 0 Å². The standard InChI is InChI=1S/2CH3NO.Ta/c2*2-1-3;/h2*1H,(H2,2,3);/q;;+2/p-2. The van der Waals surface area contributed by atoms with Crippen molar-refractivity contribution >= 4 is 12.8 Å². The normalized spacial score (nSPS) is 6.29. The van der Waals surface area contributed by atoms with Gasteiger partial charge in [-0.05, 0) is 0 Å². The van der Waals surface area contributed by atoms with Gasteiger partial charge in [0.25, 0.3) is 0 Å². The van der Waals surface area contributed by atoms with Gasteiger partial charge < -0.3 is 0 Å². The molecule has 0 aromatic heterocycles. The second-order valence-corrected chi connectivity index (χ2v) is 3.26. The van der Waals surface area contributed by atoms with Crippen molar-refractivity contribution in [3.63, 3.8) is 0 Å². The second-order valence-electron chi connectivity index (χ2n) is 0.606. The van der Waals surface area contributed by atoms with Crippen molar-refractivity contribution in [3.05, 3.63) is 0 Å². The van der Waals surface area contributed by atoms with Crippen molar-refractivity contribution < 1.29 is 29.9 Å². The van der Waals surface area contributed by atoms with E-state index in [1.165, 1.54) is 0 Å². The van der Waals surface area contributed by atoms with Gasteiger partial charge in [-0.25, -0.2) is 0 Å². The fraction of sp³-hybridized carbons (Fsp3) is 0. The van der Waals surface area contributed by atoms with Gasteiger partial charge in [0, 0.05) is 0 Å². The Hall–Kier alpha value is -0.320. The number of nitrogens with one attached hydrogen (secondary N) is 2. The summed E-state index contributed by atoms with van der Waals surface area (Å²) in [5.74, 6) is 0. The number of hydrogen-bond acceptors (Lipinski definition) is 2. The molecule has 0 aromatic carbocycles. The number of rotatable bonds is 4. The molecule has 7 heavy (non-hydrogen) atoms. The van der Waals surface area contributed by atoms with Gasteiger partial charge in [-0.3, -0.25) is 0 Å².